The predicted octanol–water partition coefficient (Wildman–Crippen LogP) is 1.95. The van der Waals surface area contributed by atoms with Crippen molar-refractivity contribution in [1.82, 2.24) is 0 Å². The van der Waals surface area contributed by atoms with Crippen molar-refractivity contribution in [3.63, 3.8) is 0 Å². The number of nitrogens with zero attached hydrogens (tertiary/aromatic N) is 1. The number of aliphatic imine (C=N–C) groups is 1. The summed E-state index contributed by atoms with van der Waals surface area (Å²) in [5, 5.41) is 0. The summed E-state index contributed by atoms with van der Waals surface area (Å²) in [6, 6.07) is 5.95. The van der Waals surface area contributed by atoms with Crippen LogP contribution in [-0.2, 0) is 6.42 Å². The molecular formula is C9H9NO. The number of benzene rings is 1. The van der Waals surface area contributed by atoms with E-state index in [0.29, 0.717) is 0 Å². The average Bonchev–Trinajstić information content (AvgIpc) is 2.50. The molecule has 0 unspecified atom stereocenters. The molecule has 1 aromatic rings. The minimum Gasteiger partial charge on any atom is -0.497 e. The molecule has 2 nitrogen and oxygen atoms in total. The van der Waals surface area contributed by atoms with Crippen molar-refractivity contribution >= 4 is 11.9 Å². The van der Waals surface area contributed by atoms with Crippen molar-refractivity contribution in [2.24, 2.45) is 4.99 Å². The third-order valence-corrected chi connectivity index (χ3v) is 1.83. The Morgan fingerprint density at radius 1 is 1.45 bits per heavy atom. The Bertz CT molecular complexity index is 304. The Kier molecular flexibility index (Phi) is 1.39. The highest BCUT2D eigenvalue weighted by molar-refractivity contribution is 5.76. The van der Waals surface area contributed by atoms with Gasteiger partial charge < -0.3 is 4.74 Å². The van der Waals surface area contributed by atoms with Gasteiger partial charge in [0.2, 0.25) is 0 Å². The van der Waals surface area contributed by atoms with E-state index >= 15 is 0 Å². The Morgan fingerprint density at radius 3 is 3.18 bits per heavy atom. The van der Waals surface area contributed by atoms with Crippen LogP contribution in [0.5, 0.6) is 5.75 Å². The van der Waals surface area contributed by atoms with Gasteiger partial charge in [-0.3, -0.25) is 4.99 Å². The van der Waals surface area contributed by atoms with Gasteiger partial charge >= 0.3 is 0 Å². The highest BCUT2D eigenvalue weighted by Gasteiger charge is 2.06. The molecule has 0 saturated carbocycles. The van der Waals surface area contributed by atoms with E-state index in [0.717, 1.165) is 17.9 Å². The van der Waals surface area contributed by atoms with E-state index in [1.54, 1.807) is 7.11 Å². The van der Waals surface area contributed by atoms with Crippen LogP contribution in [0, 0.1) is 0 Å². The topological polar surface area (TPSA) is 21.6 Å². The van der Waals surface area contributed by atoms with Crippen molar-refractivity contribution in [2.75, 3.05) is 7.11 Å². The Hall–Kier alpha value is -1.31. The minimum atomic E-state index is 0.911. The lowest BCUT2D eigenvalue weighted by Crippen LogP contribution is -1.84. The molecule has 1 heterocycles. The normalized spacial score (nSPS) is 13.2. The number of hydrogen-bond acceptors (Lipinski definition) is 2. The second-order valence-electron chi connectivity index (χ2n) is 2.51. The Morgan fingerprint density at radius 2 is 2.36 bits per heavy atom. The molecule has 56 valence electrons. The highest BCUT2D eigenvalue weighted by Crippen LogP contribution is 2.27. The highest BCUT2D eigenvalue weighted by atomic mass is 16.5. The van der Waals surface area contributed by atoms with Gasteiger partial charge in [-0.1, -0.05) is 0 Å². The van der Waals surface area contributed by atoms with Crippen LogP contribution in [0.25, 0.3) is 0 Å². The van der Waals surface area contributed by atoms with Crippen LogP contribution in [0.2, 0.25) is 0 Å². The molecule has 1 aliphatic heterocycles. The second kappa shape index (κ2) is 2.38. The zero-order valence-electron chi connectivity index (χ0n) is 6.37. The van der Waals surface area contributed by atoms with Crippen LogP contribution < -0.4 is 4.74 Å². The Labute approximate surface area is 65.5 Å². The zero-order valence-corrected chi connectivity index (χ0v) is 6.37. The molecular weight excluding hydrogens is 138 g/mol. The van der Waals surface area contributed by atoms with E-state index in [-0.39, 0.29) is 0 Å². The van der Waals surface area contributed by atoms with Crippen molar-refractivity contribution in [2.45, 2.75) is 6.42 Å². The van der Waals surface area contributed by atoms with Gasteiger partial charge in [0.15, 0.2) is 0 Å². The lowest BCUT2D eigenvalue weighted by Gasteiger charge is -2.01. The smallest absolute Gasteiger partial charge is 0.119 e. The van der Waals surface area contributed by atoms with Gasteiger partial charge in [0.05, 0.1) is 12.8 Å². The maximum absolute atomic E-state index is 5.08. The molecule has 0 radical (unpaired) electrons. The minimum absolute atomic E-state index is 0.911. The summed E-state index contributed by atoms with van der Waals surface area (Å²) in [5.74, 6) is 0.911. The average molecular weight is 147 g/mol. The van der Waals surface area contributed by atoms with Gasteiger partial charge in [-0.2, -0.15) is 0 Å². The maximum Gasteiger partial charge on any atom is 0.119 e. The summed E-state index contributed by atoms with van der Waals surface area (Å²) in [5.41, 5.74) is 2.33. The standard InChI is InChI=1S/C9H9NO/c1-11-8-2-3-9-7(6-8)4-5-10-9/h2-3,5-6H,4H2,1H3. The predicted molar refractivity (Wildman–Crippen MR) is 44.9 cm³/mol. The summed E-state index contributed by atoms with van der Waals surface area (Å²) in [7, 11) is 1.68. The van der Waals surface area contributed by atoms with Gasteiger partial charge in [0.1, 0.15) is 5.75 Å². The van der Waals surface area contributed by atoms with Crippen molar-refractivity contribution in [1.29, 1.82) is 0 Å². The molecule has 2 rings (SSSR count). The van der Waals surface area contributed by atoms with E-state index in [9.17, 15) is 0 Å². The Balaban J connectivity index is 2.45. The monoisotopic (exact) mass is 147 g/mol. The molecule has 0 aromatic heterocycles. The molecule has 0 N–H and O–H groups in total. The van der Waals surface area contributed by atoms with E-state index in [1.165, 1.54) is 5.56 Å². The van der Waals surface area contributed by atoms with Crippen molar-refractivity contribution in [3.05, 3.63) is 23.8 Å². The summed E-state index contributed by atoms with van der Waals surface area (Å²) in [6.07, 6.45) is 2.86. The molecule has 0 amide bonds. The third kappa shape index (κ3) is 1.00. The molecule has 0 bridgehead atoms. The van der Waals surface area contributed by atoms with Crippen LogP contribution in [0.1, 0.15) is 5.56 Å². The number of rotatable bonds is 1. The van der Waals surface area contributed by atoms with E-state index in [4.69, 9.17) is 4.74 Å². The lowest BCUT2D eigenvalue weighted by molar-refractivity contribution is 0.414. The summed E-state index contributed by atoms with van der Waals surface area (Å²) in [6.45, 7) is 0. The first-order valence-electron chi connectivity index (χ1n) is 3.59. The number of hydrogen-bond donors (Lipinski definition) is 0. The molecule has 0 atom stereocenters. The second-order valence-corrected chi connectivity index (χ2v) is 2.51. The lowest BCUT2D eigenvalue weighted by atomic mass is 10.1. The number of ether oxygens (including phenoxy) is 1. The first-order chi connectivity index (χ1) is 5.40. The van der Waals surface area contributed by atoms with Crippen LogP contribution in [-0.4, -0.2) is 13.3 Å². The fourth-order valence-corrected chi connectivity index (χ4v) is 1.22. The van der Waals surface area contributed by atoms with Crippen LogP contribution in [0.15, 0.2) is 23.2 Å². The fourth-order valence-electron chi connectivity index (χ4n) is 1.22. The molecule has 1 aliphatic rings. The van der Waals surface area contributed by atoms with Gasteiger partial charge in [-0.25, -0.2) is 0 Å². The SMILES string of the molecule is COc1ccc2c(c1)CC=N2. The number of methoxy groups -OCH3 is 1. The van der Waals surface area contributed by atoms with Crippen LogP contribution >= 0.6 is 0 Å². The molecule has 0 saturated heterocycles. The van der Waals surface area contributed by atoms with E-state index in [2.05, 4.69) is 4.99 Å². The first kappa shape index (κ1) is 6.40. The maximum atomic E-state index is 5.08. The molecule has 1 aromatic carbocycles. The van der Waals surface area contributed by atoms with Gasteiger partial charge in [0, 0.05) is 12.6 Å². The van der Waals surface area contributed by atoms with Crippen LogP contribution in [0.4, 0.5) is 5.69 Å². The fraction of sp³-hybridized carbons (Fsp3) is 0.222. The molecule has 2 heteroatoms. The summed E-state index contributed by atoms with van der Waals surface area (Å²) >= 11 is 0. The van der Waals surface area contributed by atoms with E-state index < -0.39 is 0 Å². The third-order valence-electron chi connectivity index (χ3n) is 1.83. The van der Waals surface area contributed by atoms with Gasteiger partial charge in [0.25, 0.3) is 0 Å². The zero-order chi connectivity index (χ0) is 7.68. The van der Waals surface area contributed by atoms with Crippen molar-refractivity contribution < 1.29 is 4.74 Å². The van der Waals surface area contributed by atoms with Gasteiger partial charge in [-0.05, 0) is 23.8 Å². The molecule has 0 fully saturated rings. The van der Waals surface area contributed by atoms with Gasteiger partial charge in [-0.15, -0.1) is 0 Å². The first-order valence-corrected chi connectivity index (χ1v) is 3.59. The van der Waals surface area contributed by atoms with Crippen molar-refractivity contribution in [3.8, 4) is 5.75 Å². The molecule has 0 aliphatic carbocycles. The quantitative estimate of drug-likeness (QED) is 0.595. The summed E-state index contributed by atoms with van der Waals surface area (Å²) < 4.78 is 5.08. The number of fused-ring (bicyclic) bond motifs is 1. The summed E-state index contributed by atoms with van der Waals surface area (Å²) in [4.78, 5) is 4.19. The van der Waals surface area contributed by atoms with Crippen LogP contribution in [0.3, 0.4) is 0 Å². The molecule has 0 spiro atoms. The molecule has 11 heavy (non-hydrogen) atoms. The van der Waals surface area contributed by atoms with E-state index in [1.807, 2.05) is 24.4 Å². The largest absolute Gasteiger partial charge is 0.497 e.